The lowest BCUT2D eigenvalue weighted by Crippen LogP contribution is -2.48. The molecular weight excluding hydrogens is 259 g/mol. The van der Waals surface area contributed by atoms with Crippen LogP contribution in [0.15, 0.2) is 0 Å². The minimum absolute atomic E-state index is 0.117. The maximum atomic E-state index is 12.2. The second-order valence-electron chi connectivity index (χ2n) is 3.23. The third-order valence-electron chi connectivity index (χ3n) is 2.10. The lowest BCUT2D eigenvalue weighted by atomic mass is 10.2. The Morgan fingerprint density at radius 1 is 1.41 bits per heavy atom. The van der Waals surface area contributed by atoms with Crippen molar-refractivity contribution >= 4 is 23.6 Å². The third kappa shape index (κ3) is 4.84. The molecule has 0 fully saturated rings. The maximum absolute atomic E-state index is 12.2. The number of likely N-dealkylation sites (N-methyl/N-ethyl adjacent to an activating group) is 1. The van der Waals surface area contributed by atoms with Crippen molar-refractivity contribution in [3.63, 3.8) is 0 Å². The molecule has 0 aromatic heterocycles. The van der Waals surface area contributed by atoms with Crippen LogP contribution in [-0.2, 0) is 14.3 Å². The molecule has 0 bridgehead atoms. The summed E-state index contributed by atoms with van der Waals surface area (Å²) in [6.07, 6.45) is -3.12. The molecule has 4 nitrogen and oxygen atoms in total. The molecule has 8 heteroatoms. The monoisotopic (exact) mass is 273 g/mol. The lowest BCUT2D eigenvalue weighted by molar-refractivity contribution is -0.188. The predicted octanol–water partition coefficient (Wildman–Crippen LogP) is 1.30. The molecule has 0 aliphatic heterocycles. The van der Waals surface area contributed by atoms with Gasteiger partial charge in [-0.05, 0) is 18.4 Å². The largest absolute Gasteiger partial charge is 0.471 e. The van der Waals surface area contributed by atoms with Crippen LogP contribution < -0.4 is 0 Å². The van der Waals surface area contributed by atoms with Gasteiger partial charge in [-0.1, -0.05) is 0 Å². The Bertz CT molecular complexity index is 283. The molecule has 0 aromatic carbocycles. The quantitative estimate of drug-likeness (QED) is 0.708. The van der Waals surface area contributed by atoms with Gasteiger partial charge >= 0.3 is 18.1 Å². The Hall–Kier alpha value is -0.920. The van der Waals surface area contributed by atoms with Gasteiger partial charge in [0.2, 0.25) is 0 Å². The summed E-state index contributed by atoms with van der Waals surface area (Å²) in [5, 5.41) is 0. The number of alkyl halides is 3. The Morgan fingerprint density at radius 3 is 2.29 bits per heavy atom. The van der Waals surface area contributed by atoms with Crippen molar-refractivity contribution in [1.82, 2.24) is 4.90 Å². The van der Waals surface area contributed by atoms with Gasteiger partial charge in [-0.3, -0.25) is 4.79 Å². The molecule has 100 valence electrons. The van der Waals surface area contributed by atoms with Crippen molar-refractivity contribution in [2.75, 3.05) is 26.2 Å². The van der Waals surface area contributed by atoms with Crippen LogP contribution in [0, 0.1) is 0 Å². The molecule has 0 spiro atoms. The fourth-order valence-electron chi connectivity index (χ4n) is 1.18. The molecule has 0 radical (unpaired) electrons. The third-order valence-corrected chi connectivity index (χ3v) is 2.74. The Morgan fingerprint density at radius 2 is 1.94 bits per heavy atom. The molecular formula is C9H14F3NO3S. The summed E-state index contributed by atoms with van der Waals surface area (Å²) in [7, 11) is 2.01. The number of ether oxygens (including phenoxy) is 1. The predicted molar refractivity (Wildman–Crippen MR) is 57.6 cm³/mol. The first-order valence-electron chi connectivity index (χ1n) is 4.66. The minimum atomic E-state index is -4.99. The van der Waals surface area contributed by atoms with Gasteiger partial charge in [0, 0.05) is 7.05 Å². The second kappa shape index (κ2) is 6.73. The molecule has 0 aliphatic rings. The van der Waals surface area contributed by atoms with E-state index in [0.29, 0.717) is 10.7 Å². The van der Waals surface area contributed by atoms with E-state index < -0.39 is 24.1 Å². The number of amides is 1. The highest BCUT2D eigenvalue weighted by Gasteiger charge is 2.44. The standard InChI is InChI=1S/C9H14F3NO3S/c1-13(8(15)9(10,11)12)6(4-5-17-3)7(14)16-2/h6H,4-5H2,1-3H3. The first-order chi connectivity index (χ1) is 7.75. The number of hydrogen-bond donors (Lipinski definition) is 0. The summed E-state index contributed by atoms with van der Waals surface area (Å²) < 4.78 is 41.0. The molecule has 0 aromatic rings. The highest BCUT2D eigenvalue weighted by molar-refractivity contribution is 7.98. The van der Waals surface area contributed by atoms with Crippen LogP contribution in [-0.4, -0.2) is 55.2 Å². The zero-order valence-corrected chi connectivity index (χ0v) is 10.5. The zero-order chi connectivity index (χ0) is 13.6. The number of carbonyl (C=O) groups excluding carboxylic acids is 2. The number of hydrogen-bond acceptors (Lipinski definition) is 4. The van der Waals surface area contributed by atoms with Crippen molar-refractivity contribution in [2.45, 2.75) is 18.6 Å². The molecule has 0 rings (SSSR count). The van der Waals surface area contributed by atoms with Crippen molar-refractivity contribution in [2.24, 2.45) is 0 Å². The van der Waals surface area contributed by atoms with Gasteiger partial charge in [0.1, 0.15) is 6.04 Å². The first kappa shape index (κ1) is 16.1. The van der Waals surface area contributed by atoms with E-state index in [0.717, 1.165) is 14.2 Å². The van der Waals surface area contributed by atoms with Crippen LogP contribution in [0.25, 0.3) is 0 Å². The minimum Gasteiger partial charge on any atom is -0.467 e. The Balaban J connectivity index is 4.80. The average molecular weight is 273 g/mol. The first-order valence-corrected chi connectivity index (χ1v) is 6.05. The van der Waals surface area contributed by atoms with Gasteiger partial charge in [-0.15, -0.1) is 0 Å². The van der Waals surface area contributed by atoms with E-state index in [1.165, 1.54) is 11.8 Å². The van der Waals surface area contributed by atoms with E-state index in [4.69, 9.17) is 0 Å². The van der Waals surface area contributed by atoms with Crippen molar-refractivity contribution in [1.29, 1.82) is 0 Å². The number of rotatable bonds is 5. The van der Waals surface area contributed by atoms with Crippen LogP contribution in [0.5, 0.6) is 0 Å². The van der Waals surface area contributed by atoms with Gasteiger partial charge in [0.25, 0.3) is 0 Å². The summed E-state index contributed by atoms with van der Waals surface area (Å²) in [5.74, 6) is -2.44. The van der Waals surface area contributed by atoms with Crippen LogP contribution in [0.4, 0.5) is 13.2 Å². The van der Waals surface area contributed by atoms with E-state index in [1.54, 1.807) is 6.26 Å². The van der Waals surface area contributed by atoms with Gasteiger partial charge < -0.3 is 9.64 Å². The van der Waals surface area contributed by atoms with Crippen molar-refractivity contribution in [3.05, 3.63) is 0 Å². The fraction of sp³-hybridized carbons (Fsp3) is 0.778. The highest BCUT2D eigenvalue weighted by Crippen LogP contribution is 2.20. The van der Waals surface area contributed by atoms with Gasteiger partial charge in [0.15, 0.2) is 0 Å². The smallest absolute Gasteiger partial charge is 0.467 e. The molecule has 1 amide bonds. The van der Waals surface area contributed by atoms with E-state index in [9.17, 15) is 22.8 Å². The zero-order valence-electron chi connectivity index (χ0n) is 9.71. The van der Waals surface area contributed by atoms with E-state index in [2.05, 4.69) is 4.74 Å². The number of carbonyl (C=O) groups is 2. The molecule has 0 saturated heterocycles. The van der Waals surface area contributed by atoms with E-state index in [-0.39, 0.29) is 6.42 Å². The van der Waals surface area contributed by atoms with Crippen LogP contribution in [0.1, 0.15) is 6.42 Å². The molecule has 0 aliphatic carbocycles. The molecule has 0 heterocycles. The number of nitrogens with zero attached hydrogens (tertiary/aromatic N) is 1. The van der Waals surface area contributed by atoms with Crippen LogP contribution in [0.2, 0.25) is 0 Å². The maximum Gasteiger partial charge on any atom is 0.471 e. The summed E-state index contributed by atoms with van der Waals surface area (Å²) in [6.45, 7) is 0. The van der Waals surface area contributed by atoms with Crippen LogP contribution >= 0.6 is 11.8 Å². The fourth-order valence-corrected chi connectivity index (χ4v) is 1.64. The van der Waals surface area contributed by atoms with E-state index in [1.807, 2.05) is 0 Å². The Kier molecular flexibility index (Phi) is 6.36. The normalized spacial score (nSPS) is 13.1. The lowest BCUT2D eigenvalue weighted by Gasteiger charge is -2.26. The van der Waals surface area contributed by atoms with Gasteiger partial charge in [0.05, 0.1) is 7.11 Å². The molecule has 1 unspecified atom stereocenters. The summed E-state index contributed by atoms with van der Waals surface area (Å²) in [4.78, 5) is 22.7. The Labute approximate surface area is 101 Å². The van der Waals surface area contributed by atoms with Crippen molar-refractivity contribution < 1.29 is 27.5 Å². The summed E-state index contributed by atoms with van der Waals surface area (Å²) in [6, 6.07) is -1.21. The molecule has 17 heavy (non-hydrogen) atoms. The van der Waals surface area contributed by atoms with Crippen LogP contribution in [0.3, 0.4) is 0 Å². The number of halogens is 3. The number of thioether (sulfide) groups is 1. The van der Waals surface area contributed by atoms with Gasteiger partial charge in [-0.25, -0.2) is 4.79 Å². The van der Waals surface area contributed by atoms with Crippen molar-refractivity contribution in [3.8, 4) is 0 Å². The molecule has 1 atom stereocenters. The van der Waals surface area contributed by atoms with Gasteiger partial charge in [-0.2, -0.15) is 24.9 Å². The topological polar surface area (TPSA) is 46.6 Å². The number of esters is 1. The average Bonchev–Trinajstić information content (AvgIpc) is 2.26. The summed E-state index contributed by atoms with van der Waals surface area (Å²) >= 11 is 1.37. The number of methoxy groups -OCH3 is 1. The molecule has 0 saturated carbocycles. The molecule has 0 N–H and O–H groups in total. The SMILES string of the molecule is COC(=O)C(CCSC)N(C)C(=O)C(F)(F)F. The van der Waals surface area contributed by atoms with E-state index >= 15 is 0 Å². The second-order valence-corrected chi connectivity index (χ2v) is 4.22. The highest BCUT2D eigenvalue weighted by atomic mass is 32.2. The summed E-state index contributed by atoms with van der Waals surface area (Å²) in [5.41, 5.74) is 0.